The fourth-order valence-electron chi connectivity index (χ4n) is 1.32. The normalized spacial score (nSPS) is 10.6. The molecule has 0 atom stereocenters. The average molecular weight is 286 g/mol. The van der Waals surface area contributed by atoms with E-state index in [9.17, 15) is 4.79 Å². The van der Waals surface area contributed by atoms with Crippen LogP contribution in [0.25, 0.3) is 0 Å². The zero-order valence-corrected chi connectivity index (χ0v) is 10.9. The van der Waals surface area contributed by atoms with Gasteiger partial charge in [0.25, 0.3) is 0 Å². The second-order valence-electron chi connectivity index (χ2n) is 3.62. The molecule has 0 aliphatic rings. The molecule has 0 aliphatic carbocycles. The molecule has 0 aromatic carbocycles. The largest absolute Gasteiger partial charge is 0.383 e. The number of amides is 1. The first kappa shape index (κ1) is 13.5. The molecule has 19 heavy (non-hydrogen) atoms. The summed E-state index contributed by atoms with van der Waals surface area (Å²) in [4.78, 5) is 15.5. The summed E-state index contributed by atoms with van der Waals surface area (Å²) < 4.78 is 11.2. The van der Waals surface area contributed by atoms with Crippen LogP contribution >= 0.6 is 11.6 Å². The van der Waals surface area contributed by atoms with Gasteiger partial charge in [0.2, 0.25) is 0 Å². The van der Waals surface area contributed by atoms with E-state index in [2.05, 4.69) is 20.6 Å². The quantitative estimate of drug-likeness (QED) is 0.769. The van der Waals surface area contributed by atoms with Crippen molar-refractivity contribution in [3.05, 3.63) is 29.1 Å². The lowest BCUT2D eigenvalue weighted by molar-refractivity contribution is 0.0893. The molecule has 1 N–H and O–H groups in total. The van der Waals surface area contributed by atoms with Crippen molar-refractivity contribution < 1.29 is 14.1 Å². The maximum Gasteiger partial charge on any atom is 0.316 e. The van der Waals surface area contributed by atoms with Crippen LogP contribution in [0.2, 0.25) is 5.02 Å². The lowest BCUT2D eigenvalue weighted by Gasteiger charge is -1.99. The van der Waals surface area contributed by atoms with Gasteiger partial charge in [-0.2, -0.15) is 10.1 Å². The molecule has 0 saturated carbocycles. The number of hydrogen-bond acceptors (Lipinski definition) is 6. The lowest BCUT2D eigenvalue weighted by Crippen LogP contribution is -2.27. The second-order valence-corrected chi connectivity index (χ2v) is 4.06. The van der Waals surface area contributed by atoms with Crippen LogP contribution in [0.15, 0.2) is 16.9 Å². The lowest BCUT2D eigenvalue weighted by atomic mass is 10.5. The molecule has 0 aliphatic heterocycles. The third-order valence-corrected chi connectivity index (χ3v) is 2.35. The smallest absolute Gasteiger partial charge is 0.316 e. The third kappa shape index (κ3) is 3.76. The number of nitrogens with one attached hydrogen (secondary N) is 1. The summed E-state index contributed by atoms with van der Waals surface area (Å²) in [7, 11) is 1.55. The van der Waals surface area contributed by atoms with Crippen LogP contribution in [0.4, 0.5) is 0 Å². The molecule has 9 heteroatoms. The van der Waals surface area contributed by atoms with Crippen molar-refractivity contribution in [1.82, 2.24) is 25.2 Å². The fourth-order valence-corrected chi connectivity index (χ4v) is 1.48. The van der Waals surface area contributed by atoms with Gasteiger partial charge < -0.3 is 14.6 Å². The summed E-state index contributed by atoms with van der Waals surface area (Å²) >= 11 is 5.73. The molecule has 2 heterocycles. The van der Waals surface area contributed by atoms with Gasteiger partial charge in [-0.15, -0.1) is 0 Å². The zero-order chi connectivity index (χ0) is 13.7. The molecule has 0 saturated heterocycles. The first-order chi connectivity index (χ1) is 9.19. The van der Waals surface area contributed by atoms with Gasteiger partial charge >= 0.3 is 11.8 Å². The molecule has 0 unspecified atom stereocenters. The Morgan fingerprint density at radius 3 is 3.16 bits per heavy atom. The van der Waals surface area contributed by atoms with Gasteiger partial charge in [0.05, 0.1) is 17.8 Å². The van der Waals surface area contributed by atoms with Crippen LogP contribution in [0.5, 0.6) is 0 Å². The Labute approximate surface area is 113 Å². The Hall–Kier alpha value is -1.93. The predicted molar refractivity (Wildman–Crippen MR) is 64.8 cm³/mol. The molecule has 102 valence electrons. The van der Waals surface area contributed by atoms with Crippen LogP contribution in [0.3, 0.4) is 0 Å². The molecule has 0 fully saturated rings. The van der Waals surface area contributed by atoms with Crippen LogP contribution in [-0.2, 0) is 11.3 Å². The van der Waals surface area contributed by atoms with E-state index in [-0.39, 0.29) is 12.4 Å². The number of methoxy groups -OCH3 is 1. The molecule has 8 nitrogen and oxygen atoms in total. The van der Waals surface area contributed by atoms with Crippen molar-refractivity contribution >= 4 is 17.5 Å². The zero-order valence-electron chi connectivity index (χ0n) is 10.2. The van der Waals surface area contributed by atoms with E-state index in [1.807, 2.05) is 0 Å². The monoisotopic (exact) mass is 285 g/mol. The fraction of sp³-hybridized carbons (Fsp3) is 0.400. The van der Waals surface area contributed by atoms with Crippen LogP contribution < -0.4 is 5.32 Å². The van der Waals surface area contributed by atoms with Gasteiger partial charge in [0.1, 0.15) is 6.54 Å². The number of hydrogen-bond donors (Lipinski definition) is 1. The van der Waals surface area contributed by atoms with Gasteiger partial charge in [-0.3, -0.25) is 9.48 Å². The highest BCUT2D eigenvalue weighted by atomic mass is 35.5. The van der Waals surface area contributed by atoms with Crippen LogP contribution in [0.1, 0.15) is 16.5 Å². The highest BCUT2D eigenvalue weighted by molar-refractivity contribution is 6.30. The first-order valence-corrected chi connectivity index (χ1v) is 5.84. The Bertz CT molecular complexity index is 553. The molecular weight excluding hydrogens is 274 g/mol. The summed E-state index contributed by atoms with van der Waals surface area (Å²) in [6.45, 7) is 1.07. The average Bonchev–Trinajstić information content (AvgIpc) is 3.00. The summed E-state index contributed by atoms with van der Waals surface area (Å²) in [6, 6.07) is 0. The van der Waals surface area contributed by atoms with Gasteiger partial charge in [0, 0.05) is 19.9 Å². The molecule has 0 bridgehead atoms. The Kier molecular flexibility index (Phi) is 4.48. The number of carbonyl (C=O) groups is 1. The van der Waals surface area contributed by atoms with E-state index in [4.69, 9.17) is 20.9 Å². The van der Waals surface area contributed by atoms with E-state index in [1.54, 1.807) is 18.0 Å². The van der Waals surface area contributed by atoms with E-state index >= 15 is 0 Å². The summed E-state index contributed by atoms with van der Waals surface area (Å²) in [5.41, 5.74) is 0. The highest BCUT2D eigenvalue weighted by Crippen LogP contribution is 2.06. The molecular formula is C10H12ClN5O3. The second kappa shape index (κ2) is 6.30. The maximum absolute atomic E-state index is 11.6. The SMILES string of the molecule is COCCNC(=O)c1nc(Cn2cc(Cl)cn2)no1. The molecule has 2 rings (SSSR count). The molecule has 0 radical (unpaired) electrons. The highest BCUT2D eigenvalue weighted by Gasteiger charge is 2.14. The first-order valence-electron chi connectivity index (χ1n) is 5.46. The summed E-state index contributed by atoms with van der Waals surface area (Å²) in [5, 5.41) is 10.8. The van der Waals surface area contributed by atoms with Crippen molar-refractivity contribution in [2.75, 3.05) is 20.3 Å². The molecule has 0 spiro atoms. The topological polar surface area (TPSA) is 95.1 Å². The van der Waals surface area contributed by atoms with Crippen molar-refractivity contribution in [2.24, 2.45) is 0 Å². The van der Waals surface area contributed by atoms with Crippen LogP contribution in [0, 0.1) is 0 Å². The van der Waals surface area contributed by atoms with Gasteiger partial charge in [-0.05, 0) is 0 Å². The summed E-state index contributed by atoms with van der Waals surface area (Å²) in [6.07, 6.45) is 3.12. The van der Waals surface area contributed by atoms with E-state index in [1.165, 1.54) is 6.20 Å². The third-order valence-electron chi connectivity index (χ3n) is 2.16. The Morgan fingerprint density at radius 2 is 2.47 bits per heavy atom. The van der Waals surface area contributed by atoms with Gasteiger partial charge in [-0.25, -0.2) is 0 Å². The summed E-state index contributed by atoms with van der Waals surface area (Å²) in [5.74, 6) is -0.185. The molecule has 2 aromatic rings. The number of nitrogens with zero attached hydrogens (tertiary/aromatic N) is 4. The van der Waals surface area contributed by atoms with E-state index in [0.717, 1.165) is 0 Å². The minimum atomic E-state index is -0.436. The number of carbonyl (C=O) groups excluding carboxylic acids is 1. The number of rotatable bonds is 6. The van der Waals surface area contributed by atoms with Crippen molar-refractivity contribution in [2.45, 2.75) is 6.54 Å². The minimum absolute atomic E-state index is 0.0932. The predicted octanol–water partition coefficient (Wildman–Crippen LogP) is 0.344. The number of ether oxygens (including phenoxy) is 1. The number of halogens is 1. The standard InChI is InChI=1S/C10H12ClN5O3/c1-18-3-2-12-9(17)10-14-8(15-19-10)6-16-5-7(11)4-13-16/h4-5H,2-3,6H2,1H3,(H,12,17). The van der Waals surface area contributed by atoms with Crippen molar-refractivity contribution in [3.63, 3.8) is 0 Å². The Balaban J connectivity index is 1.93. The van der Waals surface area contributed by atoms with Gasteiger partial charge in [-0.1, -0.05) is 16.8 Å². The number of aromatic nitrogens is 4. The molecule has 2 aromatic heterocycles. The van der Waals surface area contributed by atoms with Crippen molar-refractivity contribution in [1.29, 1.82) is 0 Å². The Morgan fingerprint density at radius 1 is 1.63 bits per heavy atom. The molecule has 1 amide bonds. The maximum atomic E-state index is 11.6. The van der Waals surface area contributed by atoms with Crippen molar-refractivity contribution in [3.8, 4) is 0 Å². The van der Waals surface area contributed by atoms with E-state index < -0.39 is 5.91 Å². The van der Waals surface area contributed by atoms with Gasteiger partial charge in [0.15, 0.2) is 5.82 Å². The minimum Gasteiger partial charge on any atom is -0.383 e. The van der Waals surface area contributed by atoms with E-state index in [0.29, 0.717) is 24.0 Å². The van der Waals surface area contributed by atoms with Crippen LogP contribution in [-0.4, -0.2) is 46.1 Å².